The number of rotatable bonds is 41. The number of hydrogen-bond acceptors (Lipinski definition) is 7. The molecule has 0 saturated carbocycles. The van der Waals surface area contributed by atoms with Gasteiger partial charge in [-0.15, -0.1) is 0 Å². The minimum Gasteiger partial charge on any atom is -0.462 e. The number of ether oxygens (including phenoxy) is 3. The fourth-order valence-electron chi connectivity index (χ4n) is 7.29. The molecule has 0 aliphatic heterocycles. The summed E-state index contributed by atoms with van der Waals surface area (Å²) in [6, 6.07) is 9.26. The highest BCUT2D eigenvalue weighted by Crippen LogP contribution is 2.16. The lowest BCUT2D eigenvalue weighted by atomic mass is 10.0. The van der Waals surface area contributed by atoms with Crippen LogP contribution in [0.1, 0.15) is 238 Å². The van der Waals surface area contributed by atoms with Crippen LogP contribution in [0.5, 0.6) is 0 Å². The second-order valence-corrected chi connectivity index (χ2v) is 16.5. The molecule has 328 valence electrons. The third-order valence-electron chi connectivity index (χ3n) is 11.0. The van der Waals surface area contributed by atoms with Crippen molar-refractivity contribution in [3.63, 3.8) is 0 Å². The Labute approximate surface area is 350 Å². The van der Waals surface area contributed by atoms with Crippen molar-refractivity contribution in [2.24, 2.45) is 5.73 Å². The fraction of sp³-hybridized carbons (Fsp3) is 0.780. The average Bonchev–Trinajstić information content (AvgIpc) is 3.21. The zero-order valence-electron chi connectivity index (χ0n) is 37.0. The highest BCUT2D eigenvalue weighted by molar-refractivity contribution is 5.92. The Kier molecular flexibility index (Phi) is 36.6. The first-order valence-electron chi connectivity index (χ1n) is 24.0. The highest BCUT2D eigenvalue weighted by Gasteiger charge is 2.20. The van der Waals surface area contributed by atoms with Crippen molar-refractivity contribution in [3.05, 3.63) is 41.6 Å². The van der Waals surface area contributed by atoms with E-state index in [1.165, 1.54) is 167 Å². The lowest BCUT2D eigenvalue weighted by Crippen LogP contribution is -2.31. The number of carbonyl (C=O) groups is 3. The van der Waals surface area contributed by atoms with Gasteiger partial charge in [-0.1, -0.05) is 237 Å². The number of benzene rings is 1. The third kappa shape index (κ3) is 34.9. The molecule has 0 aliphatic rings. The van der Waals surface area contributed by atoms with E-state index in [1.807, 2.05) is 30.3 Å². The van der Waals surface area contributed by atoms with Crippen molar-refractivity contribution in [1.82, 2.24) is 0 Å². The van der Waals surface area contributed by atoms with E-state index in [2.05, 4.69) is 13.8 Å². The lowest BCUT2D eigenvalue weighted by molar-refractivity contribution is -0.165. The maximum atomic E-state index is 12.8. The third-order valence-corrected chi connectivity index (χ3v) is 11.0. The Morgan fingerprint density at radius 3 is 1.19 bits per heavy atom. The summed E-state index contributed by atoms with van der Waals surface area (Å²) in [4.78, 5) is 38.0. The molecule has 1 rings (SSSR count). The van der Waals surface area contributed by atoms with Crippen LogP contribution in [0.4, 0.5) is 0 Å². The molecule has 0 amide bonds. The maximum Gasteiger partial charge on any atom is 0.354 e. The van der Waals surface area contributed by atoms with E-state index in [0.717, 1.165) is 44.1 Å². The molecule has 0 heterocycles. The van der Waals surface area contributed by atoms with Crippen molar-refractivity contribution < 1.29 is 28.6 Å². The van der Waals surface area contributed by atoms with Gasteiger partial charge in [-0.05, 0) is 24.5 Å². The zero-order valence-corrected chi connectivity index (χ0v) is 37.0. The molecule has 0 aromatic heterocycles. The summed E-state index contributed by atoms with van der Waals surface area (Å²) >= 11 is 0. The molecule has 0 aliphatic carbocycles. The first-order chi connectivity index (χ1) is 28.0. The van der Waals surface area contributed by atoms with E-state index in [4.69, 9.17) is 19.9 Å². The summed E-state index contributed by atoms with van der Waals surface area (Å²) in [5, 5.41) is 0. The molecule has 7 nitrogen and oxygen atoms in total. The van der Waals surface area contributed by atoms with Gasteiger partial charge < -0.3 is 19.9 Å². The molecule has 0 fully saturated rings. The standard InChI is InChI=1S/C50H87NO6/c1-3-5-7-9-11-13-15-17-19-21-23-25-27-29-31-36-40-48(52)55-43-46(44-56-50(54)47(51)42-45-38-34-33-35-39-45)57-49(53)41-37-32-30-28-26-24-22-20-18-16-14-12-10-8-6-4-2/h33-35,38-39,42,46H,3-32,36-37,40-41,43-44,51H2,1-2H3/b47-42+. The van der Waals surface area contributed by atoms with Gasteiger partial charge in [-0.2, -0.15) is 0 Å². The lowest BCUT2D eigenvalue weighted by Gasteiger charge is -2.18. The molecule has 0 bridgehead atoms. The van der Waals surface area contributed by atoms with Crippen LogP contribution >= 0.6 is 0 Å². The van der Waals surface area contributed by atoms with E-state index in [1.54, 1.807) is 6.08 Å². The van der Waals surface area contributed by atoms with Gasteiger partial charge in [0.15, 0.2) is 6.10 Å². The number of carbonyl (C=O) groups excluding carboxylic acids is 3. The molecule has 0 spiro atoms. The van der Waals surface area contributed by atoms with Crippen LogP contribution < -0.4 is 5.73 Å². The monoisotopic (exact) mass is 798 g/mol. The first kappa shape index (κ1) is 52.2. The number of hydrogen-bond donors (Lipinski definition) is 1. The summed E-state index contributed by atoms with van der Waals surface area (Å²) in [5.41, 5.74) is 6.70. The van der Waals surface area contributed by atoms with Crippen molar-refractivity contribution in [2.75, 3.05) is 13.2 Å². The van der Waals surface area contributed by atoms with Crippen molar-refractivity contribution >= 4 is 24.0 Å². The summed E-state index contributed by atoms with van der Waals surface area (Å²) in [5.74, 6) is -1.41. The van der Waals surface area contributed by atoms with Crippen LogP contribution in [0.15, 0.2) is 36.0 Å². The van der Waals surface area contributed by atoms with Crippen molar-refractivity contribution in [2.45, 2.75) is 238 Å². The van der Waals surface area contributed by atoms with Crippen LogP contribution in [0.3, 0.4) is 0 Å². The molecular weight excluding hydrogens is 711 g/mol. The highest BCUT2D eigenvalue weighted by atomic mass is 16.6. The van der Waals surface area contributed by atoms with E-state index in [9.17, 15) is 14.4 Å². The Hall–Kier alpha value is -2.83. The minimum absolute atomic E-state index is 0.0556. The Morgan fingerprint density at radius 1 is 0.474 bits per heavy atom. The molecule has 1 aromatic rings. The molecule has 2 N–H and O–H groups in total. The maximum absolute atomic E-state index is 12.8. The Morgan fingerprint density at radius 2 is 0.807 bits per heavy atom. The van der Waals surface area contributed by atoms with Gasteiger partial charge in [-0.3, -0.25) is 9.59 Å². The smallest absolute Gasteiger partial charge is 0.354 e. The molecule has 57 heavy (non-hydrogen) atoms. The van der Waals surface area contributed by atoms with Crippen LogP contribution in [-0.2, 0) is 28.6 Å². The van der Waals surface area contributed by atoms with E-state index < -0.39 is 12.1 Å². The fourth-order valence-corrected chi connectivity index (χ4v) is 7.29. The van der Waals surface area contributed by atoms with Crippen LogP contribution in [0, 0.1) is 0 Å². The van der Waals surface area contributed by atoms with E-state index in [-0.39, 0.29) is 37.3 Å². The van der Waals surface area contributed by atoms with Crippen LogP contribution in [0.2, 0.25) is 0 Å². The summed E-state index contributed by atoms with van der Waals surface area (Å²) in [7, 11) is 0. The van der Waals surface area contributed by atoms with Gasteiger partial charge in [0.1, 0.15) is 18.9 Å². The van der Waals surface area contributed by atoms with E-state index in [0.29, 0.717) is 6.42 Å². The molecule has 1 unspecified atom stereocenters. The molecule has 0 radical (unpaired) electrons. The summed E-state index contributed by atoms with van der Waals surface area (Å²) in [6.07, 6.45) is 42.0. The van der Waals surface area contributed by atoms with Crippen LogP contribution in [-0.4, -0.2) is 37.2 Å². The molecule has 0 saturated heterocycles. The quantitative estimate of drug-likeness (QED) is 0.0304. The second kappa shape index (κ2) is 40.0. The molecular formula is C50H87NO6. The minimum atomic E-state index is -0.887. The Balaban J connectivity index is 2.27. The van der Waals surface area contributed by atoms with Crippen molar-refractivity contribution in [3.8, 4) is 0 Å². The molecule has 1 aromatic carbocycles. The number of nitrogens with two attached hydrogens (primary N) is 1. The zero-order chi connectivity index (χ0) is 41.3. The van der Waals surface area contributed by atoms with Gasteiger partial charge in [0.25, 0.3) is 0 Å². The average molecular weight is 798 g/mol. The Bertz CT molecular complexity index is 1110. The van der Waals surface area contributed by atoms with Crippen molar-refractivity contribution in [1.29, 1.82) is 0 Å². The van der Waals surface area contributed by atoms with E-state index >= 15 is 0 Å². The molecule has 7 heteroatoms. The summed E-state index contributed by atoms with van der Waals surface area (Å²) < 4.78 is 16.6. The second-order valence-electron chi connectivity index (χ2n) is 16.5. The SMILES string of the molecule is CCCCCCCCCCCCCCCCCCC(=O)OCC(COC(=O)/C(N)=C\c1ccccc1)OC(=O)CCCCCCCCCCCCCCCCCC. The first-order valence-corrected chi connectivity index (χ1v) is 24.0. The van der Waals surface area contributed by atoms with Gasteiger partial charge in [0, 0.05) is 12.8 Å². The predicted molar refractivity (Wildman–Crippen MR) is 239 cm³/mol. The van der Waals surface area contributed by atoms with Gasteiger partial charge in [0.2, 0.25) is 0 Å². The van der Waals surface area contributed by atoms with Gasteiger partial charge in [0.05, 0.1) is 0 Å². The topological polar surface area (TPSA) is 105 Å². The molecule has 1 atom stereocenters. The number of esters is 3. The summed E-state index contributed by atoms with van der Waals surface area (Å²) in [6.45, 7) is 4.15. The number of unbranched alkanes of at least 4 members (excludes halogenated alkanes) is 30. The normalized spacial score (nSPS) is 12.1. The van der Waals surface area contributed by atoms with Gasteiger partial charge in [-0.25, -0.2) is 4.79 Å². The van der Waals surface area contributed by atoms with Gasteiger partial charge >= 0.3 is 17.9 Å². The predicted octanol–water partition coefficient (Wildman–Crippen LogP) is 14.3. The largest absolute Gasteiger partial charge is 0.462 e. The van der Waals surface area contributed by atoms with Crippen LogP contribution in [0.25, 0.3) is 6.08 Å².